The highest BCUT2D eigenvalue weighted by Crippen LogP contribution is 2.23. The van der Waals surface area contributed by atoms with Crippen LogP contribution in [0.15, 0.2) is 0 Å². The molecule has 20 heavy (non-hydrogen) atoms. The quantitative estimate of drug-likeness (QED) is 0.244. The van der Waals surface area contributed by atoms with E-state index in [1.54, 1.807) is 0 Å². The molecule has 0 aromatic rings. The highest BCUT2D eigenvalue weighted by molar-refractivity contribution is 4.90. The van der Waals surface area contributed by atoms with Crippen LogP contribution >= 0.6 is 0 Å². The number of hydrogen-bond donors (Lipinski definition) is 7. The zero-order valence-electron chi connectivity index (χ0n) is 11.3. The molecule has 1 fully saturated rings. The molecular formula is C11H25N3O6. The minimum atomic E-state index is -1.48. The fourth-order valence-corrected chi connectivity index (χ4v) is 1.89. The van der Waals surface area contributed by atoms with Crippen LogP contribution < -0.4 is 17.2 Å². The van der Waals surface area contributed by atoms with E-state index in [1.165, 1.54) is 0 Å². The first-order valence-corrected chi connectivity index (χ1v) is 6.47. The first-order valence-electron chi connectivity index (χ1n) is 6.47. The summed E-state index contributed by atoms with van der Waals surface area (Å²) in [7, 11) is 0. The van der Waals surface area contributed by atoms with E-state index < -0.39 is 42.7 Å². The molecule has 1 saturated heterocycles. The van der Waals surface area contributed by atoms with Gasteiger partial charge in [-0.3, -0.25) is 0 Å². The van der Waals surface area contributed by atoms with Crippen molar-refractivity contribution in [1.29, 1.82) is 0 Å². The maximum Gasteiger partial charge on any atom is 0.186 e. The van der Waals surface area contributed by atoms with Crippen LogP contribution in [0.5, 0.6) is 0 Å². The van der Waals surface area contributed by atoms with Gasteiger partial charge in [0.25, 0.3) is 0 Å². The lowest BCUT2D eigenvalue weighted by atomic mass is 9.89. The summed E-state index contributed by atoms with van der Waals surface area (Å²) < 4.78 is 10.6. The molecule has 0 saturated carbocycles. The molecule has 0 aliphatic carbocycles. The Labute approximate surface area is 117 Å². The lowest BCUT2D eigenvalue weighted by molar-refractivity contribution is -0.305. The Bertz CT molecular complexity index is 281. The SMILES string of the molecule is NCC(CN)(CN)CO[C@@H]1O[C@H](CO)[C@H](O)[C@H](O)[C@H]1O. The summed E-state index contributed by atoms with van der Waals surface area (Å²) in [4.78, 5) is 0. The van der Waals surface area contributed by atoms with Crippen molar-refractivity contribution in [3.8, 4) is 0 Å². The van der Waals surface area contributed by atoms with E-state index in [1.807, 2.05) is 0 Å². The Morgan fingerprint density at radius 1 is 0.950 bits per heavy atom. The van der Waals surface area contributed by atoms with E-state index in [4.69, 9.17) is 31.8 Å². The highest BCUT2D eigenvalue weighted by atomic mass is 16.7. The van der Waals surface area contributed by atoms with E-state index in [0.29, 0.717) is 0 Å². The molecule has 0 aromatic carbocycles. The topological polar surface area (TPSA) is 177 Å². The fourth-order valence-electron chi connectivity index (χ4n) is 1.89. The first kappa shape index (κ1) is 17.7. The van der Waals surface area contributed by atoms with Crippen molar-refractivity contribution < 1.29 is 29.9 Å². The van der Waals surface area contributed by atoms with E-state index in [-0.39, 0.29) is 26.2 Å². The zero-order valence-corrected chi connectivity index (χ0v) is 11.3. The van der Waals surface area contributed by atoms with Gasteiger partial charge in [0, 0.05) is 25.0 Å². The standard InChI is InChI=1S/C11H25N3O6/c12-2-11(3-13,4-14)5-19-10-9(18)8(17)7(16)6(1-15)20-10/h6-10,15-18H,1-5,12-14H2/t6-,7+,8+,9-,10-/m1/s1. The summed E-state index contributed by atoms with van der Waals surface area (Å²) in [5.41, 5.74) is 16.2. The Morgan fingerprint density at radius 3 is 1.95 bits per heavy atom. The van der Waals surface area contributed by atoms with Crippen LogP contribution in [0.4, 0.5) is 0 Å². The zero-order chi connectivity index (χ0) is 15.3. The number of nitrogens with two attached hydrogens (primary N) is 3. The molecule has 10 N–H and O–H groups in total. The van der Waals surface area contributed by atoms with Crippen molar-refractivity contribution in [1.82, 2.24) is 0 Å². The molecule has 1 heterocycles. The maximum absolute atomic E-state index is 9.80. The number of rotatable bonds is 7. The second kappa shape index (κ2) is 7.59. The van der Waals surface area contributed by atoms with Crippen LogP contribution in [-0.2, 0) is 9.47 Å². The second-order valence-electron chi connectivity index (χ2n) is 5.12. The van der Waals surface area contributed by atoms with Gasteiger partial charge in [0.2, 0.25) is 0 Å². The van der Waals surface area contributed by atoms with Gasteiger partial charge in [0.05, 0.1) is 13.2 Å². The molecule has 0 radical (unpaired) electrons. The van der Waals surface area contributed by atoms with E-state index in [2.05, 4.69) is 0 Å². The van der Waals surface area contributed by atoms with Crippen LogP contribution in [0.1, 0.15) is 0 Å². The summed E-state index contributed by atoms with van der Waals surface area (Å²) in [5.74, 6) is 0. The van der Waals surface area contributed by atoms with Crippen molar-refractivity contribution in [2.75, 3.05) is 32.8 Å². The van der Waals surface area contributed by atoms with Gasteiger partial charge in [-0.2, -0.15) is 0 Å². The van der Waals surface area contributed by atoms with E-state index in [9.17, 15) is 15.3 Å². The number of hydrogen-bond acceptors (Lipinski definition) is 9. The van der Waals surface area contributed by atoms with Crippen molar-refractivity contribution in [2.45, 2.75) is 30.7 Å². The van der Waals surface area contributed by atoms with Gasteiger partial charge in [0.1, 0.15) is 24.4 Å². The van der Waals surface area contributed by atoms with Crippen molar-refractivity contribution in [2.24, 2.45) is 22.6 Å². The summed E-state index contributed by atoms with van der Waals surface area (Å²) >= 11 is 0. The Hall–Kier alpha value is -0.360. The fraction of sp³-hybridized carbons (Fsp3) is 1.00. The maximum atomic E-state index is 9.80. The van der Waals surface area contributed by atoms with Gasteiger partial charge >= 0.3 is 0 Å². The van der Waals surface area contributed by atoms with Gasteiger partial charge < -0.3 is 47.1 Å². The third-order valence-corrected chi connectivity index (χ3v) is 3.70. The Balaban J connectivity index is 2.66. The largest absolute Gasteiger partial charge is 0.394 e. The van der Waals surface area contributed by atoms with Crippen LogP contribution in [0.3, 0.4) is 0 Å². The minimum Gasteiger partial charge on any atom is -0.394 e. The Morgan fingerprint density at radius 2 is 1.50 bits per heavy atom. The molecule has 0 bridgehead atoms. The molecular weight excluding hydrogens is 270 g/mol. The molecule has 0 unspecified atom stereocenters. The lowest BCUT2D eigenvalue weighted by Crippen LogP contribution is -2.60. The highest BCUT2D eigenvalue weighted by Gasteiger charge is 2.44. The van der Waals surface area contributed by atoms with Gasteiger partial charge in [-0.1, -0.05) is 0 Å². The average molecular weight is 295 g/mol. The van der Waals surface area contributed by atoms with E-state index in [0.717, 1.165) is 0 Å². The van der Waals surface area contributed by atoms with Crippen molar-refractivity contribution in [3.05, 3.63) is 0 Å². The third kappa shape index (κ3) is 3.64. The molecule has 0 aromatic heterocycles. The third-order valence-electron chi connectivity index (χ3n) is 3.70. The predicted octanol–water partition coefficient (Wildman–Crippen LogP) is -4.33. The van der Waals surface area contributed by atoms with Gasteiger partial charge in [-0.05, 0) is 0 Å². The molecule has 1 rings (SSSR count). The molecule has 0 spiro atoms. The molecule has 120 valence electrons. The van der Waals surface area contributed by atoms with Crippen molar-refractivity contribution >= 4 is 0 Å². The predicted molar refractivity (Wildman–Crippen MR) is 69.3 cm³/mol. The normalized spacial score (nSPS) is 35.2. The second-order valence-corrected chi connectivity index (χ2v) is 5.12. The van der Waals surface area contributed by atoms with Gasteiger partial charge in [-0.25, -0.2) is 0 Å². The lowest BCUT2D eigenvalue weighted by Gasteiger charge is -2.41. The van der Waals surface area contributed by atoms with E-state index >= 15 is 0 Å². The molecule has 1 aliphatic heterocycles. The number of aliphatic hydroxyl groups is 4. The molecule has 1 aliphatic rings. The number of ether oxygens (including phenoxy) is 2. The molecule has 9 heteroatoms. The monoisotopic (exact) mass is 295 g/mol. The summed E-state index contributed by atoms with van der Waals surface area (Å²) in [6, 6.07) is 0. The van der Waals surface area contributed by atoms with Crippen LogP contribution in [-0.4, -0.2) is 84.0 Å². The molecule has 0 amide bonds. The first-order chi connectivity index (χ1) is 9.44. The van der Waals surface area contributed by atoms with Crippen LogP contribution in [0.2, 0.25) is 0 Å². The van der Waals surface area contributed by atoms with Crippen LogP contribution in [0.25, 0.3) is 0 Å². The summed E-state index contributed by atoms with van der Waals surface area (Å²) in [6.07, 6.45) is -6.55. The number of aliphatic hydroxyl groups excluding tert-OH is 4. The molecule has 9 nitrogen and oxygen atoms in total. The summed E-state index contributed by atoms with van der Waals surface area (Å²) in [6.45, 7) is 0.0894. The average Bonchev–Trinajstić information content (AvgIpc) is 2.48. The van der Waals surface area contributed by atoms with Crippen LogP contribution in [0, 0.1) is 5.41 Å². The summed E-state index contributed by atoms with van der Waals surface area (Å²) in [5, 5.41) is 38.1. The molecule has 5 atom stereocenters. The smallest absolute Gasteiger partial charge is 0.186 e. The van der Waals surface area contributed by atoms with Crippen molar-refractivity contribution in [3.63, 3.8) is 0 Å². The van der Waals surface area contributed by atoms with Gasteiger partial charge in [-0.15, -0.1) is 0 Å². The Kier molecular flexibility index (Phi) is 6.72. The minimum absolute atomic E-state index is 0.0270. The van der Waals surface area contributed by atoms with Gasteiger partial charge in [0.15, 0.2) is 6.29 Å².